The molecule has 4 nitrogen and oxygen atoms in total. The van der Waals surface area contributed by atoms with Gasteiger partial charge in [-0.2, -0.15) is 0 Å². The molecule has 0 aromatic heterocycles. The third kappa shape index (κ3) is 6.23. The summed E-state index contributed by atoms with van der Waals surface area (Å²) in [5, 5.41) is 3.09. The number of rotatable bonds is 6. The number of nitrogens with two attached hydrogens (primary N) is 1. The Hall–Kier alpha value is -0.840. The maximum atomic E-state index is 11.8. The van der Waals surface area contributed by atoms with Crippen molar-refractivity contribution >= 4 is 23.3 Å². The van der Waals surface area contributed by atoms with Gasteiger partial charge in [-0.15, -0.1) is 0 Å². The summed E-state index contributed by atoms with van der Waals surface area (Å²) in [6.45, 7) is 3.72. The van der Waals surface area contributed by atoms with Gasteiger partial charge in [0.15, 0.2) is 0 Å². The van der Waals surface area contributed by atoms with Gasteiger partial charge in [-0.25, -0.2) is 4.79 Å². The lowest BCUT2D eigenvalue weighted by molar-refractivity contribution is 0.0951. The van der Waals surface area contributed by atoms with Gasteiger partial charge in [-0.3, -0.25) is 0 Å². The fourth-order valence-electron chi connectivity index (χ4n) is 2.73. The SMILES string of the molecule is CC(C)OC(=O)NC1(CCCC(N)=S)CCCCC1. The van der Waals surface area contributed by atoms with Crippen LogP contribution in [0.25, 0.3) is 0 Å². The normalized spacial score (nSPS) is 18.1. The summed E-state index contributed by atoms with van der Waals surface area (Å²) in [7, 11) is 0. The Labute approximate surface area is 121 Å². The molecule has 0 spiro atoms. The molecule has 0 radical (unpaired) electrons. The van der Waals surface area contributed by atoms with Crippen LogP contribution in [0, 0.1) is 0 Å². The van der Waals surface area contributed by atoms with E-state index >= 15 is 0 Å². The van der Waals surface area contributed by atoms with Gasteiger partial charge in [-0.1, -0.05) is 31.5 Å². The van der Waals surface area contributed by atoms with Crippen molar-refractivity contribution in [3.63, 3.8) is 0 Å². The summed E-state index contributed by atoms with van der Waals surface area (Å²) in [5.41, 5.74) is 5.42. The lowest BCUT2D eigenvalue weighted by Gasteiger charge is -2.38. The fraction of sp³-hybridized carbons (Fsp3) is 0.857. The van der Waals surface area contributed by atoms with E-state index in [-0.39, 0.29) is 17.7 Å². The number of alkyl carbamates (subject to hydrolysis) is 1. The Balaban J connectivity index is 2.53. The molecule has 0 aliphatic heterocycles. The molecule has 0 atom stereocenters. The van der Waals surface area contributed by atoms with Crippen LogP contribution in [-0.2, 0) is 4.74 Å². The molecule has 1 rings (SSSR count). The van der Waals surface area contributed by atoms with E-state index in [0.717, 1.165) is 44.9 Å². The highest BCUT2D eigenvalue weighted by Gasteiger charge is 2.33. The fourth-order valence-corrected chi connectivity index (χ4v) is 2.87. The van der Waals surface area contributed by atoms with E-state index in [1.165, 1.54) is 6.42 Å². The van der Waals surface area contributed by atoms with Crippen molar-refractivity contribution in [2.75, 3.05) is 0 Å². The second kappa shape index (κ2) is 7.68. The molecule has 110 valence electrons. The van der Waals surface area contributed by atoms with Gasteiger partial charge < -0.3 is 15.8 Å². The maximum absolute atomic E-state index is 11.8. The minimum absolute atomic E-state index is 0.0859. The standard InChI is InChI=1S/C14H26N2O2S/c1-11(2)18-13(17)16-14(8-4-3-5-9-14)10-6-7-12(15)19/h11H,3-10H2,1-2H3,(H2,15,19)(H,16,17). The van der Waals surface area contributed by atoms with Crippen LogP contribution >= 0.6 is 12.2 Å². The smallest absolute Gasteiger partial charge is 0.407 e. The Kier molecular flexibility index (Phi) is 6.55. The van der Waals surface area contributed by atoms with Crippen LogP contribution in [-0.4, -0.2) is 22.7 Å². The average Bonchev–Trinajstić information content (AvgIpc) is 2.28. The van der Waals surface area contributed by atoms with E-state index in [9.17, 15) is 4.79 Å². The van der Waals surface area contributed by atoms with Crippen molar-refractivity contribution < 1.29 is 9.53 Å². The zero-order valence-corrected chi connectivity index (χ0v) is 12.9. The van der Waals surface area contributed by atoms with Crippen molar-refractivity contribution in [2.45, 2.75) is 76.9 Å². The second-order valence-electron chi connectivity index (χ2n) is 5.74. The highest BCUT2D eigenvalue weighted by molar-refractivity contribution is 7.80. The third-order valence-corrected chi connectivity index (χ3v) is 3.80. The van der Waals surface area contributed by atoms with Gasteiger partial charge in [0.05, 0.1) is 11.1 Å². The van der Waals surface area contributed by atoms with Crippen LogP contribution < -0.4 is 11.1 Å². The molecule has 0 bridgehead atoms. The first-order valence-corrected chi connectivity index (χ1v) is 7.61. The van der Waals surface area contributed by atoms with E-state index in [4.69, 9.17) is 22.7 Å². The molecule has 0 heterocycles. The molecular formula is C14H26N2O2S. The molecule has 0 aromatic carbocycles. The first-order valence-electron chi connectivity index (χ1n) is 7.21. The summed E-state index contributed by atoms with van der Waals surface area (Å²) in [5.74, 6) is 0. The van der Waals surface area contributed by atoms with Crippen LogP contribution in [0.4, 0.5) is 4.79 Å². The first-order chi connectivity index (χ1) is 8.93. The third-order valence-electron chi connectivity index (χ3n) is 3.60. The molecule has 1 aliphatic carbocycles. The number of hydrogen-bond donors (Lipinski definition) is 2. The van der Waals surface area contributed by atoms with Gasteiger partial charge in [-0.05, 0) is 46.0 Å². The topological polar surface area (TPSA) is 64.3 Å². The number of hydrogen-bond acceptors (Lipinski definition) is 3. The van der Waals surface area contributed by atoms with Gasteiger partial charge in [0, 0.05) is 5.54 Å². The van der Waals surface area contributed by atoms with Crippen molar-refractivity contribution in [3.8, 4) is 0 Å². The van der Waals surface area contributed by atoms with Crippen LogP contribution in [0.2, 0.25) is 0 Å². The molecule has 1 amide bonds. The van der Waals surface area contributed by atoms with Crippen LogP contribution in [0.1, 0.15) is 65.2 Å². The zero-order valence-electron chi connectivity index (χ0n) is 12.0. The minimum atomic E-state index is -0.299. The van der Waals surface area contributed by atoms with Crippen molar-refractivity contribution in [1.29, 1.82) is 0 Å². The highest BCUT2D eigenvalue weighted by Crippen LogP contribution is 2.32. The Morgan fingerprint density at radius 1 is 1.37 bits per heavy atom. The summed E-state index contributed by atoms with van der Waals surface area (Å²) >= 11 is 4.91. The lowest BCUT2D eigenvalue weighted by Crippen LogP contribution is -2.50. The molecular weight excluding hydrogens is 260 g/mol. The molecule has 0 saturated heterocycles. The predicted octanol–water partition coefficient (Wildman–Crippen LogP) is 3.28. The van der Waals surface area contributed by atoms with Crippen LogP contribution in [0.5, 0.6) is 0 Å². The molecule has 0 unspecified atom stereocenters. The number of carbonyl (C=O) groups is 1. The van der Waals surface area contributed by atoms with Gasteiger partial charge >= 0.3 is 6.09 Å². The van der Waals surface area contributed by atoms with E-state index in [2.05, 4.69) is 5.32 Å². The minimum Gasteiger partial charge on any atom is -0.447 e. The van der Waals surface area contributed by atoms with Gasteiger partial charge in [0.1, 0.15) is 0 Å². The average molecular weight is 286 g/mol. The highest BCUT2D eigenvalue weighted by atomic mass is 32.1. The van der Waals surface area contributed by atoms with Crippen LogP contribution in [0.15, 0.2) is 0 Å². The largest absolute Gasteiger partial charge is 0.447 e. The van der Waals surface area contributed by atoms with E-state index in [0.29, 0.717) is 4.99 Å². The number of nitrogens with one attached hydrogen (secondary N) is 1. The predicted molar refractivity (Wildman–Crippen MR) is 81.2 cm³/mol. The monoisotopic (exact) mass is 286 g/mol. The summed E-state index contributed by atoms with van der Waals surface area (Å²) in [6, 6.07) is 0. The molecule has 19 heavy (non-hydrogen) atoms. The number of ether oxygens (including phenoxy) is 1. The Morgan fingerprint density at radius 2 is 2.00 bits per heavy atom. The number of carbonyl (C=O) groups excluding carboxylic acids is 1. The number of amides is 1. The van der Waals surface area contributed by atoms with E-state index < -0.39 is 0 Å². The molecule has 1 saturated carbocycles. The van der Waals surface area contributed by atoms with Crippen molar-refractivity contribution in [3.05, 3.63) is 0 Å². The quantitative estimate of drug-likeness (QED) is 0.735. The molecule has 1 fully saturated rings. The van der Waals surface area contributed by atoms with Gasteiger partial charge in [0.2, 0.25) is 0 Å². The molecule has 5 heteroatoms. The van der Waals surface area contributed by atoms with E-state index in [1.54, 1.807) is 0 Å². The Bertz CT molecular complexity index is 313. The van der Waals surface area contributed by atoms with Crippen LogP contribution in [0.3, 0.4) is 0 Å². The van der Waals surface area contributed by atoms with Crippen molar-refractivity contribution in [1.82, 2.24) is 5.32 Å². The maximum Gasteiger partial charge on any atom is 0.407 e. The first kappa shape index (κ1) is 16.2. The van der Waals surface area contributed by atoms with E-state index in [1.807, 2.05) is 13.8 Å². The summed E-state index contributed by atoms with van der Waals surface area (Å²) in [4.78, 5) is 12.4. The second-order valence-corrected chi connectivity index (χ2v) is 6.26. The Morgan fingerprint density at radius 3 is 2.53 bits per heavy atom. The molecule has 3 N–H and O–H groups in total. The van der Waals surface area contributed by atoms with Crippen molar-refractivity contribution in [2.24, 2.45) is 5.73 Å². The zero-order chi connectivity index (χ0) is 14.3. The molecule has 0 aromatic rings. The number of thiocarbonyl (C=S) groups is 1. The van der Waals surface area contributed by atoms with Gasteiger partial charge in [0.25, 0.3) is 0 Å². The lowest BCUT2D eigenvalue weighted by atomic mass is 9.78. The molecule has 1 aliphatic rings. The summed E-state index contributed by atoms with van der Waals surface area (Å²) < 4.78 is 5.20. The summed E-state index contributed by atoms with van der Waals surface area (Å²) in [6.07, 6.45) is 7.84.